The number of aryl methyl sites for hydroxylation is 1. The number of benzene rings is 2. The van der Waals surface area contributed by atoms with Gasteiger partial charge in [0.2, 0.25) is 5.60 Å². The summed E-state index contributed by atoms with van der Waals surface area (Å²) in [5.74, 6) is -1.72. The van der Waals surface area contributed by atoms with Crippen LogP contribution in [0.1, 0.15) is 12.5 Å². The van der Waals surface area contributed by atoms with E-state index in [-0.39, 0.29) is 21.3 Å². The molecule has 0 aliphatic rings. The van der Waals surface area contributed by atoms with E-state index in [1.54, 1.807) is 12.1 Å². The number of aliphatic hydroxyl groups is 1. The number of rotatable bonds is 5. The van der Waals surface area contributed by atoms with Crippen molar-refractivity contribution < 1.29 is 31.5 Å². The molecule has 2 aromatic rings. The van der Waals surface area contributed by atoms with Crippen molar-refractivity contribution in [2.45, 2.75) is 30.5 Å². The summed E-state index contributed by atoms with van der Waals surface area (Å²) in [5, 5.41) is 11.1. The van der Waals surface area contributed by atoms with Crippen molar-refractivity contribution in [1.82, 2.24) is 0 Å². The number of sulfonamides is 1. The van der Waals surface area contributed by atoms with Crippen LogP contribution in [0.2, 0.25) is 5.02 Å². The average Bonchev–Trinajstić information content (AvgIpc) is 2.62. The van der Waals surface area contributed by atoms with Gasteiger partial charge in [0.1, 0.15) is 0 Å². The smallest absolute Gasteiger partial charge is 0.373 e. The number of carbonyl (C=O) groups is 1. The fourth-order valence-corrected chi connectivity index (χ4v) is 3.59. The Hall–Kier alpha value is -2.30. The van der Waals surface area contributed by atoms with Crippen LogP contribution in [-0.4, -0.2) is 38.3 Å². The van der Waals surface area contributed by atoms with Crippen LogP contribution < -0.4 is 9.62 Å². The molecular weight excluding hydrogens is 433 g/mol. The number of carbonyl (C=O) groups excluding carboxylic acids is 1. The monoisotopic (exact) mass is 450 g/mol. The average molecular weight is 451 g/mol. The number of anilines is 2. The second-order valence-corrected chi connectivity index (χ2v) is 8.85. The largest absolute Gasteiger partial charge is 0.426 e. The van der Waals surface area contributed by atoms with Crippen LogP contribution in [0.4, 0.5) is 24.5 Å². The highest BCUT2D eigenvalue weighted by molar-refractivity contribution is 7.92. The predicted molar refractivity (Wildman–Crippen MR) is 104 cm³/mol. The first-order chi connectivity index (χ1) is 13.2. The van der Waals surface area contributed by atoms with Crippen LogP contribution in [0.15, 0.2) is 47.4 Å². The van der Waals surface area contributed by atoms with Crippen LogP contribution in [0.3, 0.4) is 0 Å². The third-order valence-electron chi connectivity index (χ3n) is 4.24. The summed E-state index contributed by atoms with van der Waals surface area (Å²) in [6, 6.07) is 9.73. The molecule has 0 aliphatic heterocycles. The maximum atomic E-state index is 12.8. The molecule has 2 rings (SSSR count). The second-order valence-electron chi connectivity index (χ2n) is 6.47. The molecule has 11 heteroatoms. The van der Waals surface area contributed by atoms with Crippen molar-refractivity contribution in [3.05, 3.63) is 53.1 Å². The lowest BCUT2D eigenvalue weighted by Gasteiger charge is -2.25. The van der Waals surface area contributed by atoms with E-state index >= 15 is 0 Å². The molecule has 29 heavy (non-hydrogen) atoms. The molecule has 0 aromatic heterocycles. The second kappa shape index (κ2) is 7.85. The Balaban J connectivity index is 2.29. The molecule has 1 unspecified atom stereocenters. The van der Waals surface area contributed by atoms with E-state index in [1.165, 1.54) is 31.3 Å². The van der Waals surface area contributed by atoms with Gasteiger partial charge in [-0.3, -0.25) is 9.10 Å². The third kappa shape index (κ3) is 4.65. The number of hydrogen-bond acceptors (Lipinski definition) is 4. The van der Waals surface area contributed by atoms with E-state index < -0.39 is 27.7 Å². The first-order valence-corrected chi connectivity index (χ1v) is 9.95. The lowest BCUT2D eigenvalue weighted by molar-refractivity contribution is -0.242. The highest BCUT2D eigenvalue weighted by atomic mass is 35.5. The summed E-state index contributed by atoms with van der Waals surface area (Å²) >= 11 is 6.00. The Kier molecular flexibility index (Phi) is 6.22. The molecule has 0 heterocycles. The third-order valence-corrected chi connectivity index (χ3v) is 6.35. The molecule has 0 saturated carbocycles. The lowest BCUT2D eigenvalue weighted by Crippen LogP contribution is -2.52. The summed E-state index contributed by atoms with van der Waals surface area (Å²) < 4.78 is 64.6. The fourth-order valence-electron chi connectivity index (χ4n) is 2.18. The Labute approximate surface area is 171 Å². The number of alkyl halides is 3. The van der Waals surface area contributed by atoms with Crippen molar-refractivity contribution in [2.24, 2.45) is 0 Å². The number of nitrogens with zero attached hydrogens (tertiary/aromatic N) is 1. The molecule has 158 valence electrons. The van der Waals surface area contributed by atoms with Gasteiger partial charge in [0, 0.05) is 7.05 Å². The summed E-state index contributed by atoms with van der Waals surface area (Å²) in [7, 11) is -2.62. The Morgan fingerprint density at radius 1 is 1.14 bits per heavy atom. The highest BCUT2D eigenvalue weighted by Crippen LogP contribution is 2.34. The predicted octanol–water partition coefficient (Wildman–Crippen LogP) is 3.73. The summed E-state index contributed by atoms with van der Waals surface area (Å²) in [4.78, 5) is 11.8. The molecule has 1 atom stereocenters. The van der Waals surface area contributed by atoms with E-state index in [9.17, 15) is 31.5 Å². The van der Waals surface area contributed by atoms with E-state index in [0.717, 1.165) is 15.9 Å². The number of amides is 1. The van der Waals surface area contributed by atoms with Crippen molar-refractivity contribution in [3.63, 3.8) is 0 Å². The highest BCUT2D eigenvalue weighted by Gasteiger charge is 2.55. The van der Waals surface area contributed by atoms with Gasteiger partial charge in [0.05, 0.1) is 21.3 Å². The summed E-state index contributed by atoms with van der Waals surface area (Å²) in [6.45, 7) is 2.12. The van der Waals surface area contributed by atoms with Crippen molar-refractivity contribution >= 4 is 38.9 Å². The van der Waals surface area contributed by atoms with Gasteiger partial charge in [0.25, 0.3) is 15.9 Å². The van der Waals surface area contributed by atoms with Gasteiger partial charge >= 0.3 is 6.18 Å². The summed E-state index contributed by atoms with van der Waals surface area (Å²) in [5.41, 5.74) is -2.84. The molecule has 0 aliphatic carbocycles. The zero-order chi connectivity index (χ0) is 22.2. The molecule has 1 amide bonds. The maximum Gasteiger partial charge on any atom is 0.426 e. The van der Waals surface area contributed by atoms with E-state index in [1.807, 2.05) is 12.2 Å². The number of hydrogen-bond donors (Lipinski definition) is 2. The molecule has 2 aromatic carbocycles. The van der Waals surface area contributed by atoms with Gasteiger partial charge in [-0.05, 0) is 44.2 Å². The van der Waals surface area contributed by atoms with E-state index in [2.05, 4.69) is 0 Å². The van der Waals surface area contributed by atoms with Crippen LogP contribution in [0.5, 0.6) is 0 Å². The normalized spacial score (nSPS) is 14.2. The standard InChI is InChI=1S/C18H18ClF3N2O4S/c1-11-4-7-13(8-5-11)29(27,28)24(3)12-6-9-15(14(19)10-12)23-16(25)17(2,26)18(20,21)22/h4-10,26H,1-3H3,(H,23,25). The van der Waals surface area contributed by atoms with Gasteiger partial charge in [0.15, 0.2) is 0 Å². The molecule has 0 fully saturated rings. The topological polar surface area (TPSA) is 86.7 Å². The SMILES string of the molecule is Cc1ccc(S(=O)(=O)N(C)c2ccc(NC(=O)C(C)(O)C(F)(F)F)c(Cl)c2)cc1. The molecule has 0 spiro atoms. The first kappa shape index (κ1) is 23.0. The van der Waals surface area contributed by atoms with Gasteiger partial charge in [-0.1, -0.05) is 29.3 Å². The molecule has 2 N–H and O–H groups in total. The van der Waals surface area contributed by atoms with E-state index in [4.69, 9.17) is 11.6 Å². The minimum Gasteiger partial charge on any atom is -0.373 e. The quantitative estimate of drug-likeness (QED) is 0.726. The number of halogens is 4. The molecule has 6 nitrogen and oxygen atoms in total. The minimum absolute atomic E-state index is 0.0420. The van der Waals surface area contributed by atoms with Crippen LogP contribution in [-0.2, 0) is 14.8 Å². The van der Waals surface area contributed by atoms with Gasteiger partial charge in [-0.15, -0.1) is 0 Å². The van der Waals surface area contributed by atoms with Crippen molar-refractivity contribution in [3.8, 4) is 0 Å². The fraction of sp³-hybridized carbons (Fsp3) is 0.278. The molecule has 0 saturated heterocycles. The van der Waals surface area contributed by atoms with Gasteiger partial charge in [-0.2, -0.15) is 13.2 Å². The molecule has 0 bridgehead atoms. The summed E-state index contributed by atoms with van der Waals surface area (Å²) in [6.07, 6.45) is -5.19. The zero-order valence-electron chi connectivity index (χ0n) is 15.6. The van der Waals surface area contributed by atoms with E-state index in [0.29, 0.717) is 6.92 Å². The zero-order valence-corrected chi connectivity index (χ0v) is 17.2. The van der Waals surface area contributed by atoms with Crippen molar-refractivity contribution in [2.75, 3.05) is 16.7 Å². The van der Waals surface area contributed by atoms with Crippen LogP contribution in [0, 0.1) is 6.92 Å². The van der Waals surface area contributed by atoms with Gasteiger partial charge in [-0.25, -0.2) is 8.42 Å². The lowest BCUT2D eigenvalue weighted by atomic mass is 10.1. The number of nitrogens with one attached hydrogen (secondary N) is 1. The maximum absolute atomic E-state index is 12.8. The molecule has 0 radical (unpaired) electrons. The van der Waals surface area contributed by atoms with Gasteiger partial charge < -0.3 is 10.4 Å². The van der Waals surface area contributed by atoms with Crippen LogP contribution >= 0.6 is 11.6 Å². The van der Waals surface area contributed by atoms with Crippen LogP contribution in [0.25, 0.3) is 0 Å². The van der Waals surface area contributed by atoms with Crippen molar-refractivity contribution in [1.29, 1.82) is 0 Å². The Bertz CT molecular complexity index is 1020. The Morgan fingerprint density at radius 2 is 1.69 bits per heavy atom. The first-order valence-electron chi connectivity index (χ1n) is 8.13. The minimum atomic E-state index is -5.19. The molecular formula is C18H18ClF3N2O4S. The Morgan fingerprint density at radius 3 is 2.17 bits per heavy atom.